The van der Waals surface area contributed by atoms with E-state index in [4.69, 9.17) is 14.5 Å². The van der Waals surface area contributed by atoms with Crippen molar-refractivity contribution in [3.8, 4) is 27.6 Å². The van der Waals surface area contributed by atoms with Crippen LogP contribution in [0.15, 0.2) is 53.9 Å². The molecule has 0 fully saturated rings. The minimum Gasteiger partial charge on any atom is -0.494 e. The molecule has 1 aromatic heterocycles. The molecular formula is C20H19NO3S. The Bertz CT molecular complexity index is 855. The summed E-state index contributed by atoms with van der Waals surface area (Å²) < 4.78 is 10.5. The lowest BCUT2D eigenvalue weighted by Gasteiger charge is -2.04. The van der Waals surface area contributed by atoms with E-state index >= 15 is 0 Å². The number of esters is 1. The second-order valence-corrected chi connectivity index (χ2v) is 6.15. The van der Waals surface area contributed by atoms with Crippen molar-refractivity contribution in [3.63, 3.8) is 0 Å². The number of rotatable bonds is 6. The van der Waals surface area contributed by atoms with Gasteiger partial charge in [0.2, 0.25) is 0 Å². The Morgan fingerprint density at radius 2 is 1.84 bits per heavy atom. The molecule has 0 radical (unpaired) electrons. The van der Waals surface area contributed by atoms with Crippen molar-refractivity contribution in [3.05, 3.63) is 59.5 Å². The molecule has 5 heteroatoms. The molecule has 0 spiro atoms. The normalized spacial score (nSPS) is 10.5. The molecule has 128 valence electrons. The van der Waals surface area contributed by atoms with Gasteiger partial charge in [0, 0.05) is 16.5 Å². The Balaban J connectivity index is 1.83. The second-order valence-electron chi connectivity index (χ2n) is 5.30. The van der Waals surface area contributed by atoms with Crippen molar-refractivity contribution in [1.82, 2.24) is 4.98 Å². The molecular weight excluding hydrogens is 334 g/mol. The number of thiazole rings is 1. The molecule has 0 aliphatic rings. The van der Waals surface area contributed by atoms with Gasteiger partial charge >= 0.3 is 5.97 Å². The number of ether oxygens (including phenoxy) is 2. The molecule has 0 aliphatic heterocycles. The van der Waals surface area contributed by atoms with Gasteiger partial charge in [-0.15, -0.1) is 11.3 Å². The van der Waals surface area contributed by atoms with E-state index in [2.05, 4.69) is 0 Å². The molecule has 2 aromatic carbocycles. The van der Waals surface area contributed by atoms with Crippen LogP contribution in [0.5, 0.6) is 5.75 Å². The number of hydrogen-bond acceptors (Lipinski definition) is 5. The lowest BCUT2D eigenvalue weighted by atomic mass is 10.1. The highest BCUT2D eigenvalue weighted by Gasteiger charge is 2.11. The number of carbonyl (C=O) groups excluding carboxylic acids is 1. The first-order valence-electron chi connectivity index (χ1n) is 8.17. The van der Waals surface area contributed by atoms with E-state index in [1.165, 1.54) is 0 Å². The summed E-state index contributed by atoms with van der Waals surface area (Å²) in [4.78, 5) is 16.6. The molecule has 25 heavy (non-hydrogen) atoms. The highest BCUT2D eigenvalue weighted by molar-refractivity contribution is 7.13. The third-order valence-electron chi connectivity index (χ3n) is 3.59. The molecule has 0 saturated carbocycles. The zero-order chi connectivity index (χ0) is 17.6. The van der Waals surface area contributed by atoms with E-state index in [0.717, 1.165) is 27.6 Å². The van der Waals surface area contributed by atoms with Crippen LogP contribution in [0.2, 0.25) is 0 Å². The molecule has 0 atom stereocenters. The molecule has 3 aromatic rings. The van der Waals surface area contributed by atoms with E-state index in [1.54, 1.807) is 24.3 Å². The van der Waals surface area contributed by atoms with Crippen molar-refractivity contribution in [1.29, 1.82) is 0 Å². The molecule has 0 saturated heterocycles. The summed E-state index contributed by atoms with van der Waals surface area (Å²) in [7, 11) is 0. The molecule has 0 bridgehead atoms. The van der Waals surface area contributed by atoms with Gasteiger partial charge in [-0.1, -0.05) is 12.1 Å². The number of hydrogen-bond donors (Lipinski definition) is 0. The van der Waals surface area contributed by atoms with Crippen molar-refractivity contribution in [2.45, 2.75) is 13.8 Å². The first-order valence-corrected chi connectivity index (χ1v) is 9.05. The Labute approximate surface area is 151 Å². The Kier molecular flexibility index (Phi) is 5.46. The SMILES string of the molecule is CCOC(=O)c1cccc(-c2nc(-c3ccc(OCC)cc3)cs2)c1. The van der Waals surface area contributed by atoms with E-state index in [9.17, 15) is 4.79 Å². The number of carbonyl (C=O) groups is 1. The van der Waals surface area contributed by atoms with Crippen molar-refractivity contribution >= 4 is 17.3 Å². The van der Waals surface area contributed by atoms with Gasteiger partial charge in [0.1, 0.15) is 10.8 Å². The van der Waals surface area contributed by atoms with Crippen molar-refractivity contribution < 1.29 is 14.3 Å². The van der Waals surface area contributed by atoms with E-state index in [0.29, 0.717) is 18.8 Å². The topological polar surface area (TPSA) is 48.4 Å². The Morgan fingerprint density at radius 3 is 2.56 bits per heavy atom. The maximum atomic E-state index is 11.9. The monoisotopic (exact) mass is 353 g/mol. The minimum absolute atomic E-state index is 0.312. The summed E-state index contributed by atoms with van der Waals surface area (Å²) in [6.07, 6.45) is 0. The zero-order valence-electron chi connectivity index (χ0n) is 14.2. The molecule has 0 aliphatic carbocycles. The average molecular weight is 353 g/mol. The van der Waals surface area contributed by atoms with Crippen LogP contribution < -0.4 is 4.74 Å². The summed E-state index contributed by atoms with van der Waals surface area (Å²) in [5.74, 6) is 0.538. The number of nitrogens with zero attached hydrogens (tertiary/aromatic N) is 1. The van der Waals surface area contributed by atoms with Crippen LogP contribution in [0.1, 0.15) is 24.2 Å². The lowest BCUT2D eigenvalue weighted by molar-refractivity contribution is 0.0526. The van der Waals surface area contributed by atoms with Gasteiger partial charge in [-0.05, 0) is 50.2 Å². The van der Waals surface area contributed by atoms with Gasteiger partial charge < -0.3 is 9.47 Å². The summed E-state index contributed by atoms with van der Waals surface area (Å²) in [6.45, 7) is 4.77. The lowest BCUT2D eigenvalue weighted by Crippen LogP contribution is -2.04. The molecule has 0 unspecified atom stereocenters. The fourth-order valence-corrected chi connectivity index (χ4v) is 3.25. The summed E-state index contributed by atoms with van der Waals surface area (Å²) >= 11 is 1.55. The Morgan fingerprint density at radius 1 is 1.04 bits per heavy atom. The smallest absolute Gasteiger partial charge is 0.338 e. The van der Waals surface area contributed by atoms with Gasteiger partial charge in [0.05, 0.1) is 24.5 Å². The van der Waals surface area contributed by atoms with Gasteiger partial charge in [-0.25, -0.2) is 9.78 Å². The maximum Gasteiger partial charge on any atom is 0.338 e. The highest BCUT2D eigenvalue weighted by atomic mass is 32.1. The Hall–Kier alpha value is -2.66. The predicted molar refractivity (Wildman–Crippen MR) is 100 cm³/mol. The molecule has 0 N–H and O–H groups in total. The maximum absolute atomic E-state index is 11.9. The standard InChI is InChI=1S/C20H19NO3S/c1-3-23-17-10-8-14(9-11-17)18-13-25-19(21-18)15-6-5-7-16(12-15)20(22)24-4-2/h5-13H,3-4H2,1-2H3. The number of aromatic nitrogens is 1. The quantitative estimate of drug-likeness (QED) is 0.582. The van der Waals surface area contributed by atoms with Crippen LogP contribution in [0.4, 0.5) is 0 Å². The third kappa shape index (κ3) is 4.06. The molecule has 1 heterocycles. The number of benzene rings is 2. The van der Waals surface area contributed by atoms with Crippen molar-refractivity contribution in [2.24, 2.45) is 0 Å². The first kappa shape index (κ1) is 17.2. The zero-order valence-corrected chi connectivity index (χ0v) is 15.0. The van der Waals surface area contributed by atoms with Crippen LogP contribution in [0.25, 0.3) is 21.8 Å². The van der Waals surface area contributed by atoms with Gasteiger partial charge in [0.25, 0.3) is 0 Å². The van der Waals surface area contributed by atoms with E-state index < -0.39 is 0 Å². The average Bonchev–Trinajstić information content (AvgIpc) is 3.13. The van der Waals surface area contributed by atoms with Gasteiger partial charge in [-0.2, -0.15) is 0 Å². The second kappa shape index (κ2) is 7.94. The van der Waals surface area contributed by atoms with E-state index in [-0.39, 0.29) is 5.97 Å². The molecule has 3 rings (SSSR count). The fraction of sp³-hybridized carbons (Fsp3) is 0.200. The molecule has 0 amide bonds. The third-order valence-corrected chi connectivity index (χ3v) is 4.48. The van der Waals surface area contributed by atoms with Gasteiger partial charge in [-0.3, -0.25) is 0 Å². The van der Waals surface area contributed by atoms with Crippen LogP contribution in [0, 0.1) is 0 Å². The minimum atomic E-state index is -0.312. The van der Waals surface area contributed by atoms with Crippen LogP contribution in [-0.4, -0.2) is 24.2 Å². The molecule has 4 nitrogen and oxygen atoms in total. The summed E-state index contributed by atoms with van der Waals surface area (Å²) in [5.41, 5.74) is 3.39. The fourth-order valence-electron chi connectivity index (χ4n) is 2.42. The summed E-state index contributed by atoms with van der Waals surface area (Å²) in [5, 5.41) is 2.89. The van der Waals surface area contributed by atoms with Crippen LogP contribution >= 0.6 is 11.3 Å². The van der Waals surface area contributed by atoms with Crippen molar-refractivity contribution in [2.75, 3.05) is 13.2 Å². The summed E-state index contributed by atoms with van der Waals surface area (Å²) in [6, 6.07) is 15.3. The predicted octanol–water partition coefficient (Wildman–Crippen LogP) is 5.05. The largest absolute Gasteiger partial charge is 0.494 e. The highest BCUT2D eigenvalue weighted by Crippen LogP contribution is 2.30. The first-order chi connectivity index (χ1) is 12.2. The van der Waals surface area contributed by atoms with Crippen LogP contribution in [-0.2, 0) is 4.74 Å². The van der Waals surface area contributed by atoms with E-state index in [1.807, 2.05) is 54.8 Å². The van der Waals surface area contributed by atoms with Crippen LogP contribution in [0.3, 0.4) is 0 Å². The van der Waals surface area contributed by atoms with Gasteiger partial charge in [0.15, 0.2) is 0 Å².